The Morgan fingerprint density at radius 2 is 1.83 bits per heavy atom. The molecule has 0 fully saturated rings. The lowest BCUT2D eigenvalue weighted by molar-refractivity contribution is -0.658. The smallest absolute Gasteiger partial charge is 0.226 e. The van der Waals surface area contributed by atoms with E-state index < -0.39 is 0 Å². The predicted octanol–water partition coefficient (Wildman–Crippen LogP) is 0.550. The fourth-order valence-corrected chi connectivity index (χ4v) is 3.02. The molecule has 3 rings (SSSR count). The van der Waals surface area contributed by atoms with E-state index in [1.54, 1.807) is 0 Å². The Morgan fingerprint density at radius 1 is 1.06 bits per heavy atom. The Bertz CT molecular complexity index is 646. The minimum absolute atomic E-state index is 0. The summed E-state index contributed by atoms with van der Waals surface area (Å²) >= 11 is 1.81. The highest BCUT2D eigenvalue weighted by atomic mass is 79.9. The van der Waals surface area contributed by atoms with Gasteiger partial charge in [-0.05, 0) is 18.6 Å². The van der Waals surface area contributed by atoms with Crippen LogP contribution in [-0.2, 0) is 6.54 Å². The number of aryl methyl sites for hydroxylation is 1. The molecule has 0 aliphatic rings. The van der Waals surface area contributed by atoms with Gasteiger partial charge in [0.1, 0.15) is 4.70 Å². The van der Waals surface area contributed by atoms with Crippen molar-refractivity contribution in [2.24, 2.45) is 0 Å². The second-order valence-corrected chi connectivity index (χ2v) is 5.19. The van der Waals surface area contributed by atoms with Gasteiger partial charge in [0.15, 0.2) is 6.54 Å². The maximum atomic E-state index is 2.31. The van der Waals surface area contributed by atoms with Crippen LogP contribution in [0.15, 0.2) is 54.0 Å². The number of halogens is 1. The first kappa shape index (κ1) is 13.2. The van der Waals surface area contributed by atoms with Gasteiger partial charge in [-0.3, -0.25) is 0 Å². The SMILES string of the molecule is Cc1ccc2c(c1)sc[n+]2Cc1ccccc1.[Br-]. The third kappa shape index (κ3) is 2.62. The zero-order chi connectivity index (χ0) is 11.7. The van der Waals surface area contributed by atoms with Crippen molar-refractivity contribution in [1.29, 1.82) is 0 Å². The molecule has 0 saturated heterocycles. The van der Waals surface area contributed by atoms with Gasteiger partial charge in [0.2, 0.25) is 11.0 Å². The van der Waals surface area contributed by atoms with Crippen molar-refractivity contribution >= 4 is 21.6 Å². The molecule has 0 N–H and O–H groups in total. The van der Waals surface area contributed by atoms with Gasteiger partial charge in [-0.25, -0.2) is 0 Å². The van der Waals surface area contributed by atoms with Crippen molar-refractivity contribution in [2.75, 3.05) is 0 Å². The summed E-state index contributed by atoms with van der Waals surface area (Å²) in [5.74, 6) is 0. The van der Waals surface area contributed by atoms with E-state index in [-0.39, 0.29) is 17.0 Å². The summed E-state index contributed by atoms with van der Waals surface area (Å²) < 4.78 is 3.68. The van der Waals surface area contributed by atoms with E-state index >= 15 is 0 Å². The first-order valence-corrected chi connectivity index (χ1v) is 6.62. The maximum absolute atomic E-state index is 2.31. The van der Waals surface area contributed by atoms with Crippen LogP contribution in [0.25, 0.3) is 10.2 Å². The zero-order valence-corrected chi connectivity index (χ0v) is 12.5. The number of hydrogen-bond acceptors (Lipinski definition) is 1. The molecule has 0 atom stereocenters. The van der Waals surface area contributed by atoms with Crippen LogP contribution in [-0.4, -0.2) is 0 Å². The van der Waals surface area contributed by atoms with E-state index in [4.69, 9.17) is 0 Å². The van der Waals surface area contributed by atoms with Gasteiger partial charge in [-0.1, -0.05) is 47.7 Å². The first-order chi connectivity index (χ1) is 8.33. The molecule has 18 heavy (non-hydrogen) atoms. The van der Waals surface area contributed by atoms with Crippen LogP contribution >= 0.6 is 11.3 Å². The summed E-state index contributed by atoms with van der Waals surface area (Å²) in [5.41, 5.74) is 6.20. The standard InChI is InChI=1S/C15H14NS.BrH/c1-12-7-8-14-15(9-12)17-11-16(14)10-13-5-3-2-4-6-13;/h2-9,11H,10H2,1H3;1H/q+1;/p-1. The van der Waals surface area contributed by atoms with Crippen LogP contribution in [0.1, 0.15) is 11.1 Å². The molecule has 0 radical (unpaired) electrons. The number of benzene rings is 2. The van der Waals surface area contributed by atoms with Crippen LogP contribution in [0.5, 0.6) is 0 Å². The van der Waals surface area contributed by atoms with Gasteiger partial charge in [-0.2, -0.15) is 4.57 Å². The van der Waals surface area contributed by atoms with Crippen LogP contribution in [0.2, 0.25) is 0 Å². The third-order valence-corrected chi connectivity index (χ3v) is 3.87. The molecule has 1 aromatic heterocycles. The molecular formula is C15H14BrNS. The monoisotopic (exact) mass is 319 g/mol. The summed E-state index contributed by atoms with van der Waals surface area (Å²) in [6.45, 7) is 3.09. The van der Waals surface area contributed by atoms with Crippen molar-refractivity contribution in [2.45, 2.75) is 13.5 Å². The van der Waals surface area contributed by atoms with Gasteiger partial charge in [0.05, 0.1) is 0 Å². The van der Waals surface area contributed by atoms with Gasteiger partial charge in [0, 0.05) is 11.6 Å². The van der Waals surface area contributed by atoms with Crippen molar-refractivity contribution in [1.82, 2.24) is 0 Å². The molecule has 1 heterocycles. The fraction of sp³-hybridized carbons (Fsp3) is 0.133. The Labute approximate surface area is 121 Å². The fourth-order valence-electron chi connectivity index (χ4n) is 2.03. The summed E-state index contributed by atoms with van der Waals surface area (Å²) in [5, 5.41) is 0. The Hall–Kier alpha value is -1.19. The number of fused-ring (bicyclic) bond motifs is 1. The molecule has 3 aromatic rings. The minimum Gasteiger partial charge on any atom is -1.00 e. The molecule has 3 heteroatoms. The van der Waals surface area contributed by atoms with Crippen LogP contribution < -0.4 is 21.5 Å². The molecule has 0 spiro atoms. The largest absolute Gasteiger partial charge is 1.00 e. The van der Waals surface area contributed by atoms with Crippen LogP contribution in [0, 0.1) is 6.92 Å². The molecule has 0 bridgehead atoms. The third-order valence-electron chi connectivity index (χ3n) is 2.93. The van der Waals surface area contributed by atoms with E-state index in [0.717, 1.165) is 6.54 Å². The summed E-state index contributed by atoms with van der Waals surface area (Å²) in [4.78, 5) is 0. The molecule has 0 unspecified atom stereocenters. The molecular weight excluding hydrogens is 306 g/mol. The van der Waals surface area contributed by atoms with Gasteiger partial charge in [0.25, 0.3) is 0 Å². The molecule has 0 aliphatic heterocycles. The van der Waals surface area contributed by atoms with Gasteiger partial charge in [-0.15, -0.1) is 0 Å². The van der Waals surface area contributed by atoms with Crippen molar-refractivity contribution in [3.8, 4) is 0 Å². The van der Waals surface area contributed by atoms with E-state index in [9.17, 15) is 0 Å². The number of thiazole rings is 1. The number of rotatable bonds is 2. The molecule has 0 amide bonds. The molecule has 2 aromatic carbocycles. The predicted molar refractivity (Wildman–Crippen MR) is 72.3 cm³/mol. The highest BCUT2D eigenvalue weighted by Crippen LogP contribution is 2.18. The second-order valence-electron chi connectivity index (χ2n) is 4.31. The van der Waals surface area contributed by atoms with E-state index in [2.05, 4.69) is 65.5 Å². The second kappa shape index (κ2) is 5.63. The summed E-state index contributed by atoms with van der Waals surface area (Å²) in [6.07, 6.45) is 0. The number of nitrogens with zero attached hydrogens (tertiary/aromatic N) is 1. The average molecular weight is 320 g/mol. The van der Waals surface area contributed by atoms with Crippen LogP contribution in [0.4, 0.5) is 0 Å². The maximum Gasteiger partial charge on any atom is 0.226 e. The van der Waals surface area contributed by atoms with Crippen molar-refractivity contribution < 1.29 is 21.5 Å². The lowest BCUT2D eigenvalue weighted by Crippen LogP contribution is -3.00. The molecule has 0 saturated carbocycles. The zero-order valence-electron chi connectivity index (χ0n) is 10.1. The molecule has 0 aliphatic carbocycles. The van der Waals surface area contributed by atoms with Gasteiger partial charge >= 0.3 is 0 Å². The number of hydrogen-bond donors (Lipinski definition) is 0. The van der Waals surface area contributed by atoms with Crippen molar-refractivity contribution in [3.63, 3.8) is 0 Å². The topological polar surface area (TPSA) is 3.88 Å². The Kier molecular flexibility index (Phi) is 4.15. The Balaban J connectivity index is 0.00000120. The highest BCUT2D eigenvalue weighted by Gasteiger charge is 2.11. The lowest BCUT2D eigenvalue weighted by atomic mass is 10.2. The summed E-state index contributed by atoms with van der Waals surface area (Å²) in [7, 11) is 0. The van der Waals surface area contributed by atoms with Crippen LogP contribution in [0.3, 0.4) is 0 Å². The van der Waals surface area contributed by atoms with Gasteiger partial charge < -0.3 is 17.0 Å². The highest BCUT2D eigenvalue weighted by molar-refractivity contribution is 7.16. The molecule has 92 valence electrons. The average Bonchev–Trinajstić information content (AvgIpc) is 2.73. The van der Waals surface area contributed by atoms with E-state index in [1.807, 2.05) is 11.3 Å². The normalized spacial score (nSPS) is 10.3. The quantitative estimate of drug-likeness (QED) is 0.607. The minimum atomic E-state index is 0. The lowest BCUT2D eigenvalue weighted by Gasteiger charge is -1.96. The van der Waals surface area contributed by atoms with Crippen molar-refractivity contribution in [3.05, 3.63) is 65.2 Å². The molecule has 1 nitrogen and oxygen atoms in total. The Morgan fingerprint density at radius 3 is 2.61 bits per heavy atom. The van der Waals surface area contributed by atoms with E-state index in [1.165, 1.54) is 21.3 Å². The van der Waals surface area contributed by atoms with E-state index in [0.29, 0.717) is 0 Å². The first-order valence-electron chi connectivity index (χ1n) is 5.74. The summed E-state index contributed by atoms with van der Waals surface area (Å²) in [6, 6.07) is 17.2. The number of aromatic nitrogens is 1.